The van der Waals surface area contributed by atoms with Gasteiger partial charge in [0.05, 0.1) is 75.6 Å². The quantitative estimate of drug-likeness (QED) is 0.0613. The van der Waals surface area contributed by atoms with Gasteiger partial charge < -0.3 is 19.7 Å². The number of rotatable bonds is 16. The minimum absolute atomic E-state index is 0.0234. The number of carbonyl (C=O) groups excluding carboxylic acids is 4. The number of aromatic nitrogens is 6. The third kappa shape index (κ3) is 18.6. The van der Waals surface area contributed by atoms with Crippen molar-refractivity contribution in [2.45, 2.75) is 66.6 Å². The zero-order valence-corrected chi connectivity index (χ0v) is 58.8. The van der Waals surface area contributed by atoms with Gasteiger partial charge in [-0.3, -0.25) is 15.0 Å². The molecule has 0 spiro atoms. The first kappa shape index (κ1) is 73.8. The van der Waals surface area contributed by atoms with Crippen LogP contribution >= 0.6 is 116 Å². The molecule has 0 unspecified atom stereocenters. The SMILES string of the molecule is CCC(=O)c1ccc(Cl)cc1.CCOC(=O)c1nn(-c2ccc(Cl)cc2Cl)c(-c2ccc(Cl)cc2)c1C.CCOC(=O)c1nn(-c2ccc(Cl)cc2Cl)c(-c2ccc(Cl)cc2)c1CO.O=C(NN1CCCCC1)c1nn(-c2ccc(Cl)cc2Cl)c(-c2ccc(Cl)cc2)c1CO. The van der Waals surface area contributed by atoms with Crippen molar-refractivity contribution in [3.8, 4) is 50.8 Å². The molecule has 3 N–H and O–H groups in total. The third-order valence-corrected chi connectivity index (χ3v) is 17.0. The van der Waals surface area contributed by atoms with Crippen molar-refractivity contribution >= 4 is 140 Å². The molecule has 16 nitrogen and oxygen atoms in total. The van der Waals surface area contributed by atoms with E-state index in [4.69, 9.17) is 125 Å². The van der Waals surface area contributed by atoms with Crippen molar-refractivity contribution in [3.63, 3.8) is 0 Å². The summed E-state index contributed by atoms with van der Waals surface area (Å²) in [6.45, 7) is 8.37. The van der Waals surface area contributed by atoms with Gasteiger partial charge in [-0.2, -0.15) is 15.3 Å². The summed E-state index contributed by atoms with van der Waals surface area (Å²) in [7, 11) is 0. The number of aliphatic hydroxyl groups excluding tert-OH is 2. The minimum atomic E-state index is -0.624. The highest BCUT2D eigenvalue weighted by Gasteiger charge is 2.29. The summed E-state index contributed by atoms with van der Waals surface area (Å²) in [5, 5.41) is 40.5. The lowest BCUT2D eigenvalue weighted by atomic mass is 10.1. The summed E-state index contributed by atoms with van der Waals surface area (Å²) in [4.78, 5) is 48.9. The van der Waals surface area contributed by atoms with Crippen LogP contribution in [-0.2, 0) is 22.7 Å². The van der Waals surface area contributed by atoms with Crippen molar-refractivity contribution in [3.05, 3.63) is 241 Å². The summed E-state index contributed by atoms with van der Waals surface area (Å²) >= 11 is 60.9. The topological polar surface area (TPSA) is 196 Å². The summed E-state index contributed by atoms with van der Waals surface area (Å²) in [5.41, 5.74) is 11.3. The van der Waals surface area contributed by atoms with Crippen LogP contribution < -0.4 is 5.43 Å². The molecular formula is C69H60Cl10N8O8. The number of hydrogen-bond acceptors (Lipinski definition) is 12. The number of carbonyl (C=O) groups is 4. The number of hydrogen-bond donors (Lipinski definition) is 3. The van der Waals surface area contributed by atoms with Crippen LogP contribution in [0, 0.1) is 6.92 Å². The van der Waals surface area contributed by atoms with E-state index in [0.29, 0.717) is 107 Å². The van der Waals surface area contributed by atoms with Crippen LogP contribution in [0.25, 0.3) is 50.8 Å². The van der Waals surface area contributed by atoms with Crippen LogP contribution in [0.3, 0.4) is 0 Å². The second-order valence-corrected chi connectivity index (χ2v) is 25.0. The summed E-state index contributed by atoms with van der Waals surface area (Å²) < 4.78 is 14.9. The van der Waals surface area contributed by atoms with Gasteiger partial charge in [-0.25, -0.2) is 28.6 Å². The lowest BCUT2D eigenvalue weighted by Gasteiger charge is -2.26. The normalized spacial score (nSPS) is 11.9. The zero-order valence-electron chi connectivity index (χ0n) is 51.3. The van der Waals surface area contributed by atoms with Gasteiger partial charge in [-0.15, -0.1) is 0 Å². The molecule has 7 aromatic carbocycles. The summed E-state index contributed by atoms with van der Waals surface area (Å²) in [5.74, 6) is -1.32. The van der Waals surface area contributed by atoms with E-state index in [2.05, 4.69) is 20.7 Å². The average Bonchev–Trinajstić information content (AvgIpc) is 1.65. The van der Waals surface area contributed by atoms with Crippen molar-refractivity contribution in [2.75, 3.05) is 26.3 Å². The van der Waals surface area contributed by atoms with Gasteiger partial charge in [-0.05, 0) is 149 Å². The van der Waals surface area contributed by atoms with E-state index >= 15 is 0 Å². The molecule has 0 atom stereocenters. The second kappa shape index (κ2) is 34.8. The van der Waals surface area contributed by atoms with Crippen LogP contribution in [0.2, 0.25) is 50.2 Å². The highest BCUT2D eigenvalue weighted by Crippen LogP contribution is 2.38. The van der Waals surface area contributed by atoms with Crippen LogP contribution in [0.5, 0.6) is 0 Å². The van der Waals surface area contributed by atoms with Crippen LogP contribution in [-0.4, -0.2) is 94.5 Å². The number of nitrogens with zero attached hydrogens (tertiary/aromatic N) is 7. The standard InChI is InChI=1S/C22H21Cl3N4O2.C19H15Cl3N2O3.C19H15Cl3N2O2.C9H9ClO/c23-15-6-4-14(5-7-15)21-17(13-30)20(22(31)27-28-10-2-1-3-11-28)26-29(21)19-9-8-16(24)12-18(19)25;1-2-27-19(26)17-14(10-25)18(11-3-5-12(20)6-4-11)24(23-17)16-8-7-13(21)9-15(16)22;1-3-26-19(25)17-11(2)18(12-4-6-13(20)7-5-12)24(23-17)16-9-8-14(21)10-15(16)22;1-2-9(11)7-3-5-8(10)6-4-7/h4-9,12,30H,1-3,10-11,13H2,(H,27,31);3-9,25H,2,10H2,1H3;4-10H,3H2,1-2H3;3-6H,2H2,1H3. The molecule has 0 saturated carbocycles. The van der Waals surface area contributed by atoms with E-state index in [1.807, 2.05) is 43.1 Å². The molecule has 4 heterocycles. The number of amides is 1. The maximum Gasteiger partial charge on any atom is 0.359 e. The van der Waals surface area contributed by atoms with Gasteiger partial charge in [0.2, 0.25) is 0 Å². The summed E-state index contributed by atoms with van der Waals surface area (Å²) in [6.07, 6.45) is 3.75. The Morgan fingerprint density at radius 2 is 0.779 bits per heavy atom. The zero-order chi connectivity index (χ0) is 68.6. The Morgan fingerprint density at radius 3 is 1.16 bits per heavy atom. The smallest absolute Gasteiger partial charge is 0.359 e. The number of benzene rings is 7. The highest BCUT2D eigenvalue weighted by molar-refractivity contribution is 6.37. The number of esters is 2. The predicted molar refractivity (Wildman–Crippen MR) is 380 cm³/mol. The van der Waals surface area contributed by atoms with E-state index in [1.165, 1.54) is 4.68 Å². The molecule has 95 heavy (non-hydrogen) atoms. The van der Waals surface area contributed by atoms with Gasteiger partial charge in [0.15, 0.2) is 22.9 Å². The fourth-order valence-corrected chi connectivity index (χ4v) is 11.9. The number of ketones is 1. The molecule has 11 rings (SSSR count). The predicted octanol–water partition coefficient (Wildman–Crippen LogP) is 19.2. The van der Waals surface area contributed by atoms with Gasteiger partial charge in [0.25, 0.3) is 5.91 Å². The van der Waals surface area contributed by atoms with Gasteiger partial charge in [0, 0.05) is 93.6 Å². The molecule has 1 amide bonds. The molecule has 1 saturated heterocycles. The van der Waals surface area contributed by atoms with Gasteiger partial charge in [-0.1, -0.05) is 166 Å². The molecule has 0 bridgehead atoms. The van der Waals surface area contributed by atoms with E-state index in [1.54, 1.807) is 151 Å². The fourth-order valence-electron chi connectivity index (χ4n) is 9.91. The molecule has 0 radical (unpaired) electrons. The van der Waals surface area contributed by atoms with Gasteiger partial charge in [0.1, 0.15) is 0 Å². The monoisotopic (exact) mass is 1480 g/mol. The number of ether oxygens (including phenoxy) is 2. The van der Waals surface area contributed by atoms with E-state index in [-0.39, 0.29) is 48.6 Å². The molecule has 494 valence electrons. The molecule has 1 fully saturated rings. The lowest BCUT2D eigenvalue weighted by Crippen LogP contribution is -2.45. The van der Waals surface area contributed by atoms with Crippen molar-refractivity contribution < 1.29 is 38.9 Å². The molecular weight excluding hydrogens is 1420 g/mol. The van der Waals surface area contributed by atoms with Crippen molar-refractivity contribution in [2.24, 2.45) is 0 Å². The molecule has 26 heteroatoms. The fraction of sp³-hybridized carbons (Fsp3) is 0.203. The largest absolute Gasteiger partial charge is 0.461 e. The number of hydrazine groups is 1. The molecule has 0 aliphatic carbocycles. The van der Waals surface area contributed by atoms with E-state index < -0.39 is 18.5 Å². The average molecular weight is 1480 g/mol. The number of Topliss-reactive ketones (excluding diaryl/α,β-unsaturated/α-hetero) is 1. The molecule has 10 aromatic rings. The third-order valence-electron chi connectivity index (χ3n) is 14.4. The number of aliphatic hydroxyl groups is 2. The Hall–Kier alpha value is -6.97. The highest BCUT2D eigenvalue weighted by atomic mass is 35.5. The van der Waals surface area contributed by atoms with E-state index in [0.717, 1.165) is 54.7 Å². The Balaban J connectivity index is 0.000000169. The lowest BCUT2D eigenvalue weighted by molar-refractivity contribution is 0.0507. The van der Waals surface area contributed by atoms with Crippen LogP contribution in [0.4, 0.5) is 0 Å². The molecule has 1 aliphatic heterocycles. The first-order chi connectivity index (χ1) is 45.6. The van der Waals surface area contributed by atoms with Crippen LogP contribution in [0.1, 0.15) is 105 Å². The maximum atomic E-state index is 13.1. The minimum Gasteiger partial charge on any atom is -0.461 e. The van der Waals surface area contributed by atoms with Crippen molar-refractivity contribution in [1.29, 1.82) is 0 Å². The molecule has 1 aliphatic rings. The molecule has 3 aromatic heterocycles. The number of piperidine rings is 1. The van der Waals surface area contributed by atoms with E-state index in [9.17, 15) is 29.4 Å². The Labute approximate surface area is 598 Å². The first-order valence-electron chi connectivity index (χ1n) is 29.5. The number of halogens is 10. The Kier molecular flexibility index (Phi) is 27.1. The Bertz CT molecular complexity index is 4350. The summed E-state index contributed by atoms with van der Waals surface area (Å²) in [6, 6.07) is 43.4. The Morgan fingerprint density at radius 1 is 0.442 bits per heavy atom. The first-order valence-corrected chi connectivity index (χ1v) is 33.3. The van der Waals surface area contributed by atoms with Gasteiger partial charge >= 0.3 is 11.9 Å². The maximum absolute atomic E-state index is 13.1. The van der Waals surface area contributed by atoms with Crippen LogP contribution in [0.15, 0.2) is 152 Å². The number of nitrogens with one attached hydrogen (secondary N) is 1. The second-order valence-electron chi connectivity index (χ2n) is 20.7. The van der Waals surface area contributed by atoms with Crippen molar-refractivity contribution in [1.82, 2.24) is 39.8 Å².